The van der Waals surface area contributed by atoms with E-state index in [0.717, 1.165) is 6.08 Å². The van der Waals surface area contributed by atoms with Crippen LogP contribution in [0.3, 0.4) is 0 Å². The van der Waals surface area contributed by atoms with Gasteiger partial charge in [0.05, 0.1) is 45.2 Å². The summed E-state index contributed by atoms with van der Waals surface area (Å²) in [6.07, 6.45) is -15.2. The normalized spacial score (nSPS) is 41.9. The van der Waals surface area contributed by atoms with Gasteiger partial charge in [-0.25, -0.2) is 8.98 Å². The van der Waals surface area contributed by atoms with Gasteiger partial charge in [0.25, 0.3) is 0 Å². The molecule has 41 heavy (non-hydrogen) atoms. The third-order valence-corrected chi connectivity index (χ3v) is 7.58. The van der Waals surface area contributed by atoms with Gasteiger partial charge < -0.3 is 64.5 Å². The third-order valence-electron chi connectivity index (χ3n) is 7.11. The zero-order valence-electron chi connectivity index (χ0n) is 21.7. The Balaban J connectivity index is 1.63. The van der Waals surface area contributed by atoms with Gasteiger partial charge in [-0.15, -0.1) is 0 Å². The number of carbonyl (C=O) groups is 1. The molecular weight excluding hydrogens is 584 g/mol. The first kappa shape index (κ1) is 33.9. The fraction of sp³-hybridized carbons (Fsp3) is 0.864. The molecule has 0 radical (unpaired) electrons. The highest BCUT2D eigenvalue weighted by Crippen LogP contribution is 2.32. The van der Waals surface area contributed by atoms with Crippen molar-refractivity contribution in [3.05, 3.63) is 11.8 Å². The number of aliphatic hydroxyl groups is 7. The molecule has 0 bridgehead atoms. The molecule has 0 spiro atoms. The Hall–Kier alpha value is -1.56. The monoisotopic (exact) mass is 620 g/mol. The minimum absolute atomic E-state index is 0.341. The molecule has 2 saturated heterocycles. The molecule has 0 aromatic rings. The van der Waals surface area contributed by atoms with Crippen molar-refractivity contribution in [3.63, 3.8) is 0 Å². The summed E-state index contributed by atoms with van der Waals surface area (Å²) in [6, 6.07) is 0. The molecular formula is C22H36O18S. The van der Waals surface area contributed by atoms with Crippen molar-refractivity contribution in [1.82, 2.24) is 0 Å². The highest BCUT2D eigenvalue weighted by atomic mass is 32.3. The summed E-state index contributed by atoms with van der Waals surface area (Å²) in [6.45, 7) is -0.853. The lowest BCUT2D eigenvalue weighted by Crippen LogP contribution is -2.59. The van der Waals surface area contributed by atoms with Crippen LogP contribution in [0, 0.1) is 11.8 Å². The molecule has 0 aromatic carbocycles. The molecule has 19 heteroatoms. The zero-order chi connectivity index (χ0) is 30.6. The third kappa shape index (κ3) is 8.51. The highest BCUT2D eigenvalue weighted by molar-refractivity contribution is 7.80. The number of carboxylic acid groups (broad SMARTS) is 1. The van der Waals surface area contributed by atoms with E-state index in [0.29, 0.717) is 0 Å². The molecule has 0 aliphatic carbocycles. The van der Waals surface area contributed by atoms with Gasteiger partial charge in [-0.05, 0) is 13.0 Å². The van der Waals surface area contributed by atoms with Gasteiger partial charge in [-0.2, -0.15) is 8.42 Å². The van der Waals surface area contributed by atoms with E-state index >= 15 is 0 Å². The Labute approximate surface area is 234 Å². The summed E-state index contributed by atoms with van der Waals surface area (Å²) >= 11 is 0. The van der Waals surface area contributed by atoms with Crippen molar-refractivity contribution in [3.8, 4) is 0 Å². The largest absolute Gasteiger partial charge is 0.478 e. The van der Waals surface area contributed by atoms with Crippen molar-refractivity contribution in [1.29, 1.82) is 0 Å². The van der Waals surface area contributed by atoms with Crippen molar-refractivity contribution < 1.29 is 86.5 Å². The van der Waals surface area contributed by atoms with E-state index in [2.05, 4.69) is 4.18 Å². The summed E-state index contributed by atoms with van der Waals surface area (Å²) in [7, 11) is -5.03. The average molecular weight is 621 g/mol. The van der Waals surface area contributed by atoms with E-state index in [4.69, 9.17) is 33.3 Å². The van der Waals surface area contributed by atoms with Crippen LogP contribution in [0.2, 0.25) is 0 Å². The molecule has 3 aliphatic rings. The first-order valence-corrected chi connectivity index (χ1v) is 13.9. The molecule has 3 aliphatic heterocycles. The summed E-state index contributed by atoms with van der Waals surface area (Å²) in [5.41, 5.74) is 0. The second-order valence-corrected chi connectivity index (χ2v) is 11.0. The van der Waals surface area contributed by atoms with E-state index in [9.17, 15) is 49.0 Å². The quantitative estimate of drug-likeness (QED) is 0.0924. The summed E-state index contributed by atoms with van der Waals surface area (Å²) in [5, 5.41) is 80.5. The topological polar surface area (TPSA) is 289 Å². The van der Waals surface area contributed by atoms with Crippen LogP contribution < -0.4 is 0 Å². The van der Waals surface area contributed by atoms with Gasteiger partial charge in [-0.3, -0.25) is 4.55 Å². The molecule has 3 heterocycles. The van der Waals surface area contributed by atoms with Crippen molar-refractivity contribution >= 4 is 16.4 Å². The Morgan fingerprint density at radius 3 is 2.05 bits per heavy atom. The van der Waals surface area contributed by atoms with Crippen LogP contribution in [-0.4, -0.2) is 160 Å². The van der Waals surface area contributed by atoms with Gasteiger partial charge >= 0.3 is 16.4 Å². The first-order valence-electron chi connectivity index (χ1n) is 12.6. The standard InChI is InChI=1S/C22H36O18S/c1-8-16(25)20(40-41(32,33)34)19(28)15(37-8)7-35-4-9-10(22(31)39-13(3-23)17(9)26)5-36-6-14-18(27)11(24)2-12(38-14)21(29)30/h2,8-11,13-20,22-28,31H,3-7H2,1H3,(H,29,30)(H,32,33,34)/t8?,9?,10?,11-,13?,14+,15+,16-,17+,18?,19?,20?,22-/m1/s1. The smallest absolute Gasteiger partial charge is 0.397 e. The Kier molecular flexibility index (Phi) is 11.8. The molecule has 9 N–H and O–H groups in total. The van der Waals surface area contributed by atoms with Crippen LogP contribution in [0.5, 0.6) is 0 Å². The molecule has 3 rings (SSSR count). The Bertz CT molecular complexity index is 1010. The minimum atomic E-state index is -5.03. The molecule has 0 saturated carbocycles. The number of aliphatic hydroxyl groups excluding tert-OH is 7. The Morgan fingerprint density at radius 2 is 1.46 bits per heavy atom. The van der Waals surface area contributed by atoms with Crippen molar-refractivity contribution in [2.24, 2.45) is 11.8 Å². The summed E-state index contributed by atoms with van der Waals surface area (Å²) < 4.78 is 62.5. The maximum atomic E-state index is 11.2. The minimum Gasteiger partial charge on any atom is -0.478 e. The summed E-state index contributed by atoms with van der Waals surface area (Å²) in [5.74, 6) is -4.05. The van der Waals surface area contributed by atoms with Crippen molar-refractivity contribution in [2.45, 2.75) is 74.3 Å². The molecule has 0 amide bonds. The lowest BCUT2D eigenvalue weighted by molar-refractivity contribution is -0.273. The lowest BCUT2D eigenvalue weighted by Gasteiger charge is -2.43. The molecule has 238 valence electrons. The SMILES string of the molecule is CC1O[C@@H](COCC2C(COC[C@@H]3OC(C(=O)O)=C[C@@H](O)C3O)[C@H](O)OC(CO)[C@H]2O)C(O)C(OS(=O)(=O)O)[C@@H]1O. The predicted molar refractivity (Wildman–Crippen MR) is 128 cm³/mol. The molecule has 7 unspecified atom stereocenters. The average Bonchev–Trinajstić information content (AvgIpc) is 2.89. The highest BCUT2D eigenvalue weighted by Gasteiger charge is 2.47. The molecule has 0 aromatic heterocycles. The number of aliphatic carboxylic acids is 1. The maximum absolute atomic E-state index is 11.2. The van der Waals surface area contributed by atoms with Gasteiger partial charge in [0, 0.05) is 11.8 Å². The second-order valence-electron chi connectivity index (χ2n) is 9.96. The van der Waals surface area contributed by atoms with Crippen molar-refractivity contribution in [2.75, 3.05) is 33.0 Å². The zero-order valence-corrected chi connectivity index (χ0v) is 22.5. The van der Waals surface area contributed by atoms with Crippen LogP contribution in [0.1, 0.15) is 6.92 Å². The molecule has 18 nitrogen and oxygen atoms in total. The number of rotatable bonds is 12. The van der Waals surface area contributed by atoms with Gasteiger partial charge in [0.1, 0.15) is 42.7 Å². The van der Waals surface area contributed by atoms with Gasteiger partial charge in [-0.1, -0.05) is 0 Å². The van der Waals surface area contributed by atoms with Crippen LogP contribution in [0.15, 0.2) is 11.8 Å². The van der Waals surface area contributed by atoms with Crippen LogP contribution in [-0.2, 0) is 43.1 Å². The van der Waals surface area contributed by atoms with E-state index in [1.807, 2.05) is 0 Å². The van der Waals surface area contributed by atoms with E-state index in [1.54, 1.807) is 0 Å². The molecule has 2 fully saturated rings. The number of hydrogen-bond donors (Lipinski definition) is 9. The lowest BCUT2D eigenvalue weighted by atomic mass is 9.83. The van der Waals surface area contributed by atoms with Crippen LogP contribution in [0.25, 0.3) is 0 Å². The fourth-order valence-electron chi connectivity index (χ4n) is 4.83. The van der Waals surface area contributed by atoms with E-state index in [-0.39, 0.29) is 13.2 Å². The van der Waals surface area contributed by atoms with E-state index in [1.165, 1.54) is 6.92 Å². The van der Waals surface area contributed by atoms with Gasteiger partial charge in [0.15, 0.2) is 12.4 Å². The number of ether oxygens (including phenoxy) is 5. The first-order chi connectivity index (χ1) is 19.1. The van der Waals surface area contributed by atoms with Gasteiger partial charge in [0.2, 0.25) is 5.76 Å². The van der Waals surface area contributed by atoms with E-state index < -0.39 is 121 Å². The number of carboxylic acids is 1. The number of hydrogen-bond acceptors (Lipinski definition) is 16. The van der Waals surface area contributed by atoms with Crippen LogP contribution in [0.4, 0.5) is 0 Å². The fourth-order valence-corrected chi connectivity index (χ4v) is 5.34. The predicted octanol–water partition coefficient (Wildman–Crippen LogP) is -4.89. The molecule has 13 atom stereocenters. The summed E-state index contributed by atoms with van der Waals surface area (Å²) in [4.78, 5) is 11.2. The van der Waals surface area contributed by atoms with Crippen LogP contribution >= 0.6 is 0 Å². The maximum Gasteiger partial charge on any atom is 0.397 e. The Morgan fingerprint density at radius 1 is 0.854 bits per heavy atom. The second kappa shape index (κ2) is 14.3.